The van der Waals surface area contributed by atoms with Crippen molar-refractivity contribution >= 4 is 21.9 Å². The summed E-state index contributed by atoms with van der Waals surface area (Å²) in [6.07, 6.45) is 1.13. The molecule has 0 amide bonds. The zero-order valence-corrected chi connectivity index (χ0v) is 27.6. The van der Waals surface area contributed by atoms with E-state index in [1.165, 1.54) is 18.2 Å². The number of nitriles is 1. The Morgan fingerprint density at radius 3 is 2.23 bits per heavy atom. The van der Waals surface area contributed by atoms with Gasteiger partial charge in [0, 0.05) is 28.5 Å². The number of carbonyl (C=O) groups is 2. The third-order valence-electron chi connectivity index (χ3n) is 8.72. The zero-order chi connectivity index (χ0) is 36.0. The summed E-state index contributed by atoms with van der Waals surface area (Å²) < 4.78 is 66.2. The summed E-state index contributed by atoms with van der Waals surface area (Å²) >= 11 is 0. The molecule has 1 aromatic heterocycles. The van der Waals surface area contributed by atoms with Crippen molar-refractivity contribution in [2.24, 2.45) is 0 Å². The Kier molecular flexibility index (Phi) is 7.77. The molecule has 0 radical (unpaired) electrons. The van der Waals surface area contributed by atoms with E-state index in [-0.39, 0.29) is 34.7 Å². The first-order valence-electron chi connectivity index (χ1n) is 15.8. The second-order valence-corrected chi connectivity index (χ2v) is 13.3. The SMILES string of the molecule is N#Cc1cc(C(=O)c2cc(F)ccc2OS(=O)(=O)c2cccc3c2C(=O)OC32c3ccccc3Oc3ccccc32)cnc1OCc1ccccc1. The van der Waals surface area contributed by atoms with E-state index < -0.39 is 49.5 Å². The van der Waals surface area contributed by atoms with Crippen LogP contribution in [-0.4, -0.2) is 25.2 Å². The number of carbonyl (C=O) groups excluding carboxylic acids is 2. The Morgan fingerprint density at radius 1 is 0.846 bits per heavy atom. The third-order valence-corrected chi connectivity index (χ3v) is 9.99. The highest BCUT2D eigenvalue weighted by Gasteiger charge is 2.55. The Labute approximate surface area is 296 Å². The van der Waals surface area contributed by atoms with Crippen molar-refractivity contribution in [1.82, 2.24) is 4.98 Å². The predicted molar refractivity (Wildman–Crippen MR) is 182 cm³/mol. The van der Waals surface area contributed by atoms with E-state index in [9.17, 15) is 27.7 Å². The number of halogens is 1. The molecule has 0 saturated carbocycles. The van der Waals surface area contributed by atoms with Crippen LogP contribution >= 0.6 is 0 Å². The van der Waals surface area contributed by atoms with Gasteiger partial charge in [0.25, 0.3) is 0 Å². The summed E-state index contributed by atoms with van der Waals surface area (Å²) in [7, 11) is -4.88. The van der Waals surface area contributed by atoms with Gasteiger partial charge in [-0.3, -0.25) is 4.79 Å². The van der Waals surface area contributed by atoms with Gasteiger partial charge in [0.2, 0.25) is 5.88 Å². The van der Waals surface area contributed by atoms with Crippen LogP contribution in [0.2, 0.25) is 0 Å². The van der Waals surface area contributed by atoms with Crippen LogP contribution in [0.1, 0.15) is 54.1 Å². The molecule has 5 aromatic carbocycles. The molecule has 0 atom stereocenters. The van der Waals surface area contributed by atoms with Crippen molar-refractivity contribution in [2.45, 2.75) is 17.1 Å². The quantitative estimate of drug-likeness (QED) is 0.0902. The van der Waals surface area contributed by atoms with Crippen molar-refractivity contribution < 1.29 is 40.8 Å². The van der Waals surface area contributed by atoms with Crippen LogP contribution in [0.4, 0.5) is 4.39 Å². The summed E-state index contributed by atoms with van der Waals surface area (Å²) in [6, 6.07) is 33.2. The highest BCUT2D eigenvalue weighted by atomic mass is 32.2. The number of benzene rings is 5. The number of para-hydroxylation sites is 2. The van der Waals surface area contributed by atoms with E-state index in [1.807, 2.05) is 36.4 Å². The fraction of sp³-hybridized carbons (Fsp3) is 0.0500. The first-order chi connectivity index (χ1) is 25.2. The van der Waals surface area contributed by atoms with Crippen LogP contribution in [0.5, 0.6) is 23.1 Å². The number of rotatable bonds is 8. The molecule has 0 aliphatic carbocycles. The number of aromatic nitrogens is 1. The van der Waals surface area contributed by atoms with Crippen LogP contribution in [0.15, 0.2) is 132 Å². The molecule has 0 unspecified atom stereocenters. The second-order valence-electron chi connectivity index (χ2n) is 11.8. The average Bonchev–Trinajstić information content (AvgIpc) is 3.47. The van der Waals surface area contributed by atoms with Crippen molar-refractivity contribution in [3.8, 4) is 29.2 Å². The number of ether oxygens (including phenoxy) is 3. The normalized spacial score (nSPS) is 13.5. The number of fused-ring (bicyclic) bond motifs is 6. The molecule has 254 valence electrons. The molecular formula is C40H23FN2O8S. The van der Waals surface area contributed by atoms with Crippen LogP contribution in [-0.2, 0) is 27.1 Å². The summed E-state index contributed by atoms with van der Waals surface area (Å²) in [5, 5.41) is 9.78. The van der Waals surface area contributed by atoms with Crippen LogP contribution in [0, 0.1) is 17.1 Å². The molecule has 2 aliphatic rings. The van der Waals surface area contributed by atoms with Gasteiger partial charge >= 0.3 is 16.1 Å². The van der Waals surface area contributed by atoms with Gasteiger partial charge in [-0.2, -0.15) is 13.7 Å². The lowest BCUT2D eigenvalue weighted by atomic mass is 9.78. The molecule has 12 heteroatoms. The molecule has 0 bridgehead atoms. The Balaban J connectivity index is 1.16. The lowest BCUT2D eigenvalue weighted by Gasteiger charge is -2.36. The third kappa shape index (κ3) is 5.31. The Morgan fingerprint density at radius 2 is 1.52 bits per heavy atom. The molecule has 10 nitrogen and oxygen atoms in total. The highest BCUT2D eigenvalue weighted by molar-refractivity contribution is 7.87. The molecule has 0 saturated heterocycles. The highest BCUT2D eigenvalue weighted by Crippen LogP contribution is 2.56. The van der Waals surface area contributed by atoms with Gasteiger partial charge < -0.3 is 18.4 Å². The van der Waals surface area contributed by atoms with E-state index in [2.05, 4.69) is 4.98 Å². The van der Waals surface area contributed by atoms with Crippen molar-refractivity contribution in [3.63, 3.8) is 0 Å². The number of hydrogen-bond donors (Lipinski definition) is 0. The topological polar surface area (TPSA) is 142 Å². The Hall–Kier alpha value is -6.84. The van der Waals surface area contributed by atoms with Crippen LogP contribution in [0.25, 0.3) is 0 Å². The van der Waals surface area contributed by atoms with Gasteiger partial charge in [-0.05, 0) is 48.0 Å². The molecule has 0 fully saturated rings. The number of esters is 1. The molecule has 8 rings (SSSR count). The van der Waals surface area contributed by atoms with Gasteiger partial charge in [0.1, 0.15) is 40.5 Å². The standard InChI is InChI=1S/C40H23FN2O8S/c41-27-17-18-32(28(20-27)37(44)26-19-25(21-42)38(43-22-26)48-23-24-9-2-1-3-10-24)51-52(46,47)35-16-8-13-31-36(35)39(45)50-40(31)29-11-4-6-14-33(29)49-34-15-7-5-12-30(34)40/h1-20,22H,23H2. The number of hydrogen-bond acceptors (Lipinski definition) is 10. The fourth-order valence-corrected chi connectivity index (χ4v) is 7.57. The summed E-state index contributed by atoms with van der Waals surface area (Å²) in [6.45, 7) is 0.111. The van der Waals surface area contributed by atoms with Crippen LogP contribution < -0.4 is 13.7 Å². The minimum atomic E-state index is -4.88. The Bertz CT molecular complexity index is 2560. The first-order valence-corrected chi connectivity index (χ1v) is 17.2. The van der Waals surface area contributed by atoms with Crippen LogP contribution in [0.3, 0.4) is 0 Å². The number of nitrogens with zero attached hydrogens (tertiary/aromatic N) is 2. The van der Waals surface area contributed by atoms with Crippen molar-refractivity contribution in [1.29, 1.82) is 5.26 Å². The lowest BCUT2D eigenvalue weighted by molar-refractivity contribution is 0.0222. The van der Waals surface area contributed by atoms with Gasteiger partial charge in [0.05, 0.1) is 11.1 Å². The van der Waals surface area contributed by atoms with E-state index in [4.69, 9.17) is 18.4 Å². The largest absolute Gasteiger partial charge is 0.472 e. The van der Waals surface area contributed by atoms with Gasteiger partial charge in [-0.1, -0.05) is 78.9 Å². The summed E-state index contributed by atoms with van der Waals surface area (Å²) in [5.41, 5.74) is -0.450. The maximum absolute atomic E-state index is 14.6. The number of pyridine rings is 1. The molecule has 0 N–H and O–H groups in total. The average molecular weight is 711 g/mol. The molecule has 2 aliphatic heterocycles. The van der Waals surface area contributed by atoms with E-state index in [1.54, 1.807) is 54.6 Å². The van der Waals surface area contributed by atoms with Gasteiger partial charge in [0.15, 0.2) is 17.1 Å². The minimum Gasteiger partial charge on any atom is -0.472 e. The van der Waals surface area contributed by atoms with Crippen molar-refractivity contribution in [3.05, 3.63) is 178 Å². The molecular weight excluding hydrogens is 688 g/mol. The summed E-state index contributed by atoms with van der Waals surface area (Å²) in [5.74, 6) is -2.36. The van der Waals surface area contributed by atoms with Gasteiger partial charge in [-0.25, -0.2) is 14.2 Å². The molecule has 1 spiro atoms. The zero-order valence-electron chi connectivity index (χ0n) is 26.8. The smallest absolute Gasteiger partial charge is 0.341 e. The van der Waals surface area contributed by atoms with E-state index in [0.29, 0.717) is 22.6 Å². The van der Waals surface area contributed by atoms with Crippen molar-refractivity contribution in [2.75, 3.05) is 0 Å². The molecule has 6 aromatic rings. The van der Waals surface area contributed by atoms with Gasteiger partial charge in [-0.15, -0.1) is 0 Å². The molecule has 52 heavy (non-hydrogen) atoms. The maximum atomic E-state index is 14.6. The van der Waals surface area contributed by atoms with E-state index in [0.717, 1.165) is 30.0 Å². The second kappa shape index (κ2) is 12.5. The maximum Gasteiger partial charge on any atom is 0.341 e. The number of ketones is 1. The fourth-order valence-electron chi connectivity index (χ4n) is 6.41. The lowest BCUT2D eigenvalue weighted by Crippen LogP contribution is -2.32. The summed E-state index contributed by atoms with van der Waals surface area (Å²) in [4.78, 5) is 31.1. The monoisotopic (exact) mass is 710 g/mol. The predicted octanol–water partition coefficient (Wildman–Crippen LogP) is 7.24. The van der Waals surface area contributed by atoms with E-state index >= 15 is 0 Å². The minimum absolute atomic E-state index is 0.0291. The molecule has 3 heterocycles. The first kappa shape index (κ1) is 32.4.